The summed E-state index contributed by atoms with van der Waals surface area (Å²) in [5, 5.41) is 42.1. The van der Waals surface area contributed by atoms with Crippen LogP contribution in [-0.4, -0.2) is 29.1 Å². The van der Waals surface area contributed by atoms with Crippen molar-refractivity contribution in [2.75, 3.05) is 0 Å². The molecular formula is C32H19N7O4S. The number of nitrogens with zero attached hydrogens (tertiary/aromatic N) is 6. The number of nitro groups is 1. The quantitative estimate of drug-likeness (QED) is 0.232. The van der Waals surface area contributed by atoms with Gasteiger partial charge in [0.1, 0.15) is 33.6 Å². The zero-order chi connectivity index (χ0) is 30.5. The molecule has 11 nitrogen and oxygen atoms in total. The Morgan fingerprint density at radius 3 is 2.55 bits per heavy atom. The lowest BCUT2D eigenvalue weighted by Crippen LogP contribution is -2.40. The molecular weight excluding hydrogens is 578 g/mol. The number of rotatable bonds is 4. The Morgan fingerprint density at radius 1 is 1.05 bits per heavy atom. The van der Waals surface area contributed by atoms with Gasteiger partial charge in [0.25, 0.3) is 11.2 Å². The maximum Gasteiger partial charge on any atom is 0.274 e. The van der Waals surface area contributed by atoms with Crippen LogP contribution in [0.2, 0.25) is 0 Å². The molecule has 3 aromatic heterocycles. The number of aromatic hydroxyl groups is 1. The van der Waals surface area contributed by atoms with Gasteiger partial charge in [-0.15, -0.1) is 11.3 Å². The number of hydrogen-bond donors (Lipinski definition) is 2. The number of fused-ring (bicyclic) bond motifs is 4. The predicted molar refractivity (Wildman–Crippen MR) is 163 cm³/mol. The highest BCUT2D eigenvalue weighted by atomic mass is 32.1. The third-order valence-corrected chi connectivity index (χ3v) is 8.64. The molecule has 0 radical (unpaired) electrons. The first-order valence-electron chi connectivity index (χ1n) is 13.3. The first-order valence-corrected chi connectivity index (χ1v) is 14.1. The number of pyridine rings is 1. The highest BCUT2D eigenvalue weighted by molar-refractivity contribution is 7.07. The van der Waals surface area contributed by atoms with Crippen molar-refractivity contribution in [1.29, 1.82) is 10.7 Å². The topological polar surface area (TPSA) is 164 Å². The van der Waals surface area contributed by atoms with Crippen molar-refractivity contribution in [3.63, 3.8) is 0 Å². The lowest BCUT2D eigenvalue weighted by atomic mass is 9.84. The Morgan fingerprint density at radius 2 is 1.82 bits per heavy atom. The van der Waals surface area contributed by atoms with E-state index in [0.29, 0.717) is 42.5 Å². The van der Waals surface area contributed by atoms with E-state index < -0.39 is 16.4 Å². The fourth-order valence-corrected chi connectivity index (χ4v) is 6.61. The molecule has 0 saturated heterocycles. The number of non-ortho nitro benzene ring substituents is 1. The normalized spacial score (nSPS) is 14.2. The average Bonchev–Trinajstić information content (AvgIpc) is 3.37. The third-order valence-electron chi connectivity index (χ3n) is 7.54. The maximum atomic E-state index is 14.0. The van der Waals surface area contributed by atoms with Crippen LogP contribution in [0.3, 0.4) is 0 Å². The first-order chi connectivity index (χ1) is 21.4. The smallest absolute Gasteiger partial charge is 0.274 e. The van der Waals surface area contributed by atoms with Gasteiger partial charge in [-0.2, -0.15) is 5.26 Å². The number of nitro benzene ring substituents is 1. The van der Waals surface area contributed by atoms with E-state index in [1.807, 2.05) is 30.3 Å². The Balaban J connectivity index is 1.56. The zero-order valence-electron chi connectivity index (χ0n) is 22.6. The van der Waals surface area contributed by atoms with Gasteiger partial charge in [0.15, 0.2) is 0 Å². The van der Waals surface area contributed by atoms with Crippen LogP contribution in [0.5, 0.6) is 5.75 Å². The molecule has 0 fully saturated rings. The van der Waals surface area contributed by atoms with Crippen molar-refractivity contribution in [3.8, 4) is 23.3 Å². The number of phenolic OH excluding ortho intramolecular Hbond substituents is 1. The first kappa shape index (κ1) is 26.7. The van der Waals surface area contributed by atoms with Crippen LogP contribution in [0.1, 0.15) is 22.6 Å². The van der Waals surface area contributed by atoms with Gasteiger partial charge in [-0.3, -0.25) is 29.9 Å². The van der Waals surface area contributed by atoms with Gasteiger partial charge in [0.2, 0.25) is 0 Å². The van der Waals surface area contributed by atoms with E-state index in [9.17, 15) is 30.7 Å². The Hall–Kier alpha value is -6.19. The van der Waals surface area contributed by atoms with Crippen molar-refractivity contribution in [3.05, 3.63) is 143 Å². The average molecular weight is 598 g/mol. The largest absolute Gasteiger partial charge is 0.506 e. The molecule has 212 valence electrons. The highest BCUT2D eigenvalue weighted by Gasteiger charge is 2.34. The fourth-order valence-electron chi connectivity index (χ4n) is 5.51. The summed E-state index contributed by atoms with van der Waals surface area (Å²) in [5.74, 6) is -0.604. The van der Waals surface area contributed by atoms with E-state index in [-0.39, 0.29) is 28.3 Å². The molecule has 6 aromatic rings. The maximum absolute atomic E-state index is 14.0. The molecule has 3 aromatic carbocycles. The third kappa shape index (κ3) is 4.11. The van der Waals surface area contributed by atoms with E-state index in [1.165, 1.54) is 29.1 Å². The van der Waals surface area contributed by atoms with Crippen molar-refractivity contribution in [2.45, 2.75) is 5.92 Å². The Labute approximate surface area is 251 Å². The monoisotopic (exact) mass is 597 g/mol. The van der Waals surface area contributed by atoms with E-state index in [1.54, 1.807) is 47.2 Å². The van der Waals surface area contributed by atoms with Crippen molar-refractivity contribution in [2.24, 2.45) is 0 Å². The highest BCUT2D eigenvalue weighted by Crippen LogP contribution is 2.36. The second-order valence-corrected chi connectivity index (χ2v) is 11.0. The summed E-state index contributed by atoms with van der Waals surface area (Å²) in [4.78, 5) is 33.8. The molecule has 1 aliphatic rings. The number of nitriles is 1. The van der Waals surface area contributed by atoms with Crippen LogP contribution in [0.15, 0.2) is 96.2 Å². The van der Waals surface area contributed by atoms with Crippen LogP contribution in [0.4, 0.5) is 5.69 Å². The van der Waals surface area contributed by atoms with Gasteiger partial charge in [0.05, 0.1) is 32.6 Å². The zero-order valence-corrected chi connectivity index (χ0v) is 23.4. The van der Waals surface area contributed by atoms with Gasteiger partial charge < -0.3 is 5.11 Å². The summed E-state index contributed by atoms with van der Waals surface area (Å²) in [5.41, 5.74) is 2.27. The molecule has 7 rings (SSSR count). The Bertz CT molecular complexity index is 2440. The minimum Gasteiger partial charge on any atom is -0.506 e. The molecule has 44 heavy (non-hydrogen) atoms. The lowest BCUT2D eigenvalue weighted by Gasteiger charge is -2.25. The summed E-state index contributed by atoms with van der Waals surface area (Å²) in [6.45, 7) is 0. The molecule has 2 N–H and O–H groups in total. The molecule has 0 aliphatic carbocycles. The Kier molecular flexibility index (Phi) is 6.23. The number of para-hydroxylation sites is 1. The lowest BCUT2D eigenvalue weighted by molar-refractivity contribution is -0.384. The summed E-state index contributed by atoms with van der Waals surface area (Å²) >= 11 is 1.11. The minimum absolute atomic E-state index is 0.0128. The summed E-state index contributed by atoms with van der Waals surface area (Å²) in [7, 11) is 0. The number of aromatic nitrogens is 4. The van der Waals surface area contributed by atoms with Gasteiger partial charge in [0, 0.05) is 29.4 Å². The van der Waals surface area contributed by atoms with Gasteiger partial charge in [-0.25, -0.2) is 9.55 Å². The molecule has 4 heterocycles. The van der Waals surface area contributed by atoms with E-state index in [4.69, 9.17) is 0 Å². The number of thiazole rings is 1. The summed E-state index contributed by atoms with van der Waals surface area (Å²) in [6, 6.07) is 24.0. The number of phenols is 1. The van der Waals surface area contributed by atoms with Crippen molar-refractivity contribution >= 4 is 39.6 Å². The standard InChI is InChI=1S/C32H19N7O4S/c33-16-23-26(18-8-11-21(12-9-18)39(42)43)27-29(34)37(20-5-2-1-3-6-20)17-36-30(27)38-31(41)25(44-32(23)38)15-19-10-13-24(40)28-22(19)7-4-14-35-28/h1-15,17,26,34,40H/b25-15+,34-29?. The second-order valence-electron chi connectivity index (χ2n) is 9.97. The molecule has 0 amide bonds. The number of hydrogen-bond acceptors (Lipinski definition) is 9. The molecule has 0 saturated carbocycles. The molecule has 0 bridgehead atoms. The SMILES string of the molecule is N#CC1=c2s/c(=C/c3ccc(O)c4ncccc34)c(=O)n2-c2ncn(-c3ccccc3)c(=N)c2C1c1ccc([N+](=O)[O-])cc1. The summed E-state index contributed by atoms with van der Waals surface area (Å²) in [6.07, 6.45) is 4.73. The van der Waals surface area contributed by atoms with E-state index >= 15 is 0 Å². The van der Waals surface area contributed by atoms with Crippen LogP contribution < -0.4 is 20.2 Å². The molecule has 1 aliphatic heterocycles. The molecule has 1 unspecified atom stereocenters. The number of nitrogens with one attached hydrogen (secondary N) is 1. The molecule has 1 atom stereocenters. The van der Waals surface area contributed by atoms with Gasteiger partial charge >= 0.3 is 0 Å². The van der Waals surface area contributed by atoms with Crippen molar-refractivity contribution in [1.82, 2.24) is 19.1 Å². The summed E-state index contributed by atoms with van der Waals surface area (Å²) < 4.78 is 3.59. The van der Waals surface area contributed by atoms with Crippen LogP contribution >= 0.6 is 11.3 Å². The van der Waals surface area contributed by atoms with Crippen molar-refractivity contribution < 1.29 is 10.0 Å². The number of benzene rings is 3. The second kappa shape index (κ2) is 10.3. The fraction of sp³-hybridized carbons (Fsp3) is 0.0312. The van der Waals surface area contributed by atoms with Crippen LogP contribution in [0, 0.1) is 26.9 Å². The minimum atomic E-state index is -0.823. The predicted octanol–water partition coefficient (Wildman–Crippen LogP) is 3.37. The van der Waals surface area contributed by atoms with Crippen LogP contribution in [-0.2, 0) is 0 Å². The molecule has 0 spiro atoms. The molecule has 12 heteroatoms. The van der Waals surface area contributed by atoms with Gasteiger partial charge in [-0.05, 0) is 41.5 Å². The van der Waals surface area contributed by atoms with Gasteiger partial charge in [-0.1, -0.05) is 42.5 Å². The van der Waals surface area contributed by atoms with E-state index in [0.717, 1.165) is 11.3 Å². The van der Waals surface area contributed by atoms with E-state index in [2.05, 4.69) is 16.0 Å². The van der Waals surface area contributed by atoms with Crippen LogP contribution in [0.25, 0.3) is 34.1 Å².